The molecule has 1 aromatic rings. The number of rotatable bonds is 3. The smallest absolute Gasteiger partial charge is 0.317 e. The number of esters is 1. The number of amides is 1. The Labute approximate surface area is 151 Å². The van der Waals surface area contributed by atoms with Crippen molar-refractivity contribution in [2.24, 2.45) is 11.8 Å². The fourth-order valence-electron chi connectivity index (χ4n) is 3.68. The van der Waals surface area contributed by atoms with Crippen molar-refractivity contribution < 1.29 is 19.1 Å². The predicted octanol–water partition coefficient (Wildman–Crippen LogP) is 2.99. The third kappa shape index (κ3) is 3.33. The summed E-state index contributed by atoms with van der Waals surface area (Å²) in [6.07, 6.45) is 0.649. The summed E-state index contributed by atoms with van der Waals surface area (Å²) in [7, 11) is 0. The van der Waals surface area contributed by atoms with Gasteiger partial charge < -0.3 is 10.1 Å². The molecule has 1 aliphatic heterocycles. The van der Waals surface area contributed by atoms with Crippen LogP contribution < -0.4 is 5.32 Å². The van der Waals surface area contributed by atoms with E-state index in [0.717, 1.165) is 5.56 Å². The highest BCUT2D eigenvalue weighted by molar-refractivity contribution is 6.30. The molecule has 25 heavy (non-hydrogen) atoms. The van der Waals surface area contributed by atoms with Gasteiger partial charge in [-0.05, 0) is 37.0 Å². The summed E-state index contributed by atoms with van der Waals surface area (Å²) in [6.45, 7) is 3.79. The highest BCUT2D eigenvalue weighted by Crippen LogP contribution is 2.42. The maximum absolute atomic E-state index is 13.1. The number of allylic oxidation sites excluding steroid dienone is 2. The molecule has 1 heterocycles. The summed E-state index contributed by atoms with van der Waals surface area (Å²) in [5, 5.41) is 3.41. The number of carbonyl (C=O) groups excluding carboxylic acids is 3. The van der Waals surface area contributed by atoms with E-state index < -0.39 is 11.9 Å². The molecular formula is C19H20ClNO4. The van der Waals surface area contributed by atoms with Crippen molar-refractivity contribution in [2.75, 3.05) is 6.61 Å². The van der Waals surface area contributed by atoms with Gasteiger partial charge in [0, 0.05) is 28.6 Å². The third-order valence-corrected chi connectivity index (χ3v) is 5.06. The van der Waals surface area contributed by atoms with Crippen LogP contribution in [0.5, 0.6) is 0 Å². The molecule has 0 spiro atoms. The fraction of sp³-hybridized carbons (Fsp3) is 0.421. The number of hydrogen-bond donors (Lipinski definition) is 1. The zero-order valence-electron chi connectivity index (χ0n) is 14.2. The Hall–Kier alpha value is -2.14. The van der Waals surface area contributed by atoms with Crippen molar-refractivity contribution in [3.63, 3.8) is 0 Å². The van der Waals surface area contributed by atoms with Gasteiger partial charge >= 0.3 is 5.97 Å². The zero-order valence-corrected chi connectivity index (χ0v) is 14.9. The molecule has 1 N–H and O–H groups in total. The molecule has 0 radical (unpaired) electrons. The predicted molar refractivity (Wildman–Crippen MR) is 92.9 cm³/mol. The van der Waals surface area contributed by atoms with Crippen LogP contribution in [0.1, 0.15) is 38.2 Å². The third-order valence-electron chi connectivity index (χ3n) is 4.81. The van der Waals surface area contributed by atoms with E-state index in [-0.39, 0.29) is 36.6 Å². The summed E-state index contributed by atoms with van der Waals surface area (Å²) >= 11 is 5.94. The topological polar surface area (TPSA) is 72.5 Å². The molecule has 132 valence electrons. The highest BCUT2D eigenvalue weighted by Gasteiger charge is 2.45. The second-order valence-electron chi connectivity index (χ2n) is 6.52. The van der Waals surface area contributed by atoms with E-state index >= 15 is 0 Å². The maximum atomic E-state index is 13.1. The van der Waals surface area contributed by atoms with Crippen LogP contribution in [0.4, 0.5) is 0 Å². The lowest BCUT2D eigenvalue weighted by atomic mass is 9.70. The lowest BCUT2D eigenvalue weighted by Crippen LogP contribution is -2.44. The lowest BCUT2D eigenvalue weighted by Gasteiger charge is -2.36. The second-order valence-corrected chi connectivity index (χ2v) is 6.96. The number of benzene rings is 1. The number of nitrogens with one attached hydrogen (secondary N) is 1. The minimum atomic E-state index is -0.816. The van der Waals surface area contributed by atoms with E-state index in [4.69, 9.17) is 16.3 Å². The van der Waals surface area contributed by atoms with Gasteiger partial charge in [-0.25, -0.2) is 0 Å². The number of ether oxygens (including phenoxy) is 1. The van der Waals surface area contributed by atoms with Crippen LogP contribution in [0.15, 0.2) is 35.5 Å². The maximum Gasteiger partial charge on any atom is 0.317 e. The molecular weight excluding hydrogens is 342 g/mol. The number of halogens is 1. The number of hydrogen-bond acceptors (Lipinski definition) is 4. The van der Waals surface area contributed by atoms with Gasteiger partial charge in [0.2, 0.25) is 5.91 Å². The molecule has 0 aromatic heterocycles. The summed E-state index contributed by atoms with van der Waals surface area (Å²) in [6, 6.07) is 7.12. The first kappa shape index (κ1) is 17.7. The van der Waals surface area contributed by atoms with Gasteiger partial charge in [0.05, 0.1) is 6.61 Å². The van der Waals surface area contributed by atoms with E-state index in [9.17, 15) is 14.4 Å². The van der Waals surface area contributed by atoms with E-state index in [0.29, 0.717) is 22.7 Å². The van der Waals surface area contributed by atoms with E-state index in [1.807, 2.05) is 19.1 Å². The van der Waals surface area contributed by atoms with Gasteiger partial charge in [-0.2, -0.15) is 0 Å². The molecule has 0 saturated heterocycles. The van der Waals surface area contributed by atoms with Crippen LogP contribution in [-0.2, 0) is 19.1 Å². The van der Waals surface area contributed by atoms with Gasteiger partial charge in [-0.3, -0.25) is 14.4 Å². The van der Waals surface area contributed by atoms with Crippen LogP contribution in [-0.4, -0.2) is 24.3 Å². The molecule has 2 aliphatic rings. The Balaban J connectivity index is 2.02. The van der Waals surface area contributed by atoms with Crippen LogP contribution in [0.3, 0.4) is 0 Å². The summed E-state index contributed by atoms with van der Waals surface area (Å²) in [5.74, 6) is -2.24. The van der Waals surface area contributed by atoms with Gasteiger partial charge in [-0.15, -0.1) is 0 Å². The Morgan fingerprint density at radius 2 is 1.92 bits per heavy atom. The van der Waals surface area contributed by atoms with Crippen LogP contribution in [0.2, 0.25) is 5.02 Å². The van der Waals surface area contributed by atoms with Crippen LogP contribution >= 0.6 is 11.6 Å². The normalized spacial score (nSPS) is 26.1. The monoisotopic (exact) mass is 361 g/mol. The summed E-state index contributed by atoms with van der Waals surface area (Å²) in [4.78, 5) is 37.5. The minimum Gasteiger partial charge on any atom is -0.465 e. The van der Waals surface area contributed by atoms with Crippen LogP contribution in [0, 0.1) is 11.8 Å². The first-order chi connectivity index (χ1) is 11.9. The molecule has 3 unspecified atom stereocenters. The Bertz CT molecular complexity index is 753. The molecule has 1 amide bonds. The standard InChI is InChI=1S/C19H20ClNO4/c1-3-25-19(24)16-10(2)8-14-17(18(16)23)13(9-15(22)21-14)11-4-6-12(20)7-5-11/h4-7,10,13,16H,3,8-9H2,1-2H3,(H,21,22). The second kappa shape index (κ2) is 7.00. The molecule has 1 aromatic carbocycles. The van der Waals surface area contributed by atoms with Gasteiger partial charge in [0.25, 0.3) is 0 Å². The van der Waals surface area contributed by atoms with Gasteiger partial charge in [0.1, 0.15) is 5.92 Å². The number of Topliss-reactive ketones (excluding diaryl/α,β-unsaturated/α-hetero) is 1. The van der Waals surface area contributed by atoms with Crippen molar-refractivity contribution in [3.8, 4) is 0 Å². The Morgan fingerprint density at radius 3 is 2.56 bits per heavy atom. The van der Waals surface area contributed by atoms with Crippen molar-refractivity contribution in [3.05, 3.63) is 46.1 Å². The van der Waals surface area contributed by atoms with E-state index in [2.05, 4.69) is 5.32 Å². The molecule has 5 nitrogen and oxygen atoms in total. The quantitative estimate of drug-likeness (QED) is 0.663. The molecule has 3 rings (SSSR count). The Kier molecular flexibility index (Phi) is 4.95. The zero-order chi connectivity index (χ0) is 18.1. The van der Waals surface area contributed by atoms with Crippen molar-refractivity contribution in [2.45, 2.75) is 32.6 Å². The van der Waals surface area contributed by atoms with Crippen molar-refractivity contribution in [1.29, 1.82) is 0 Å². The minimum absolute atomic E-state index is 0.117. The number of carbonyl (C=O) groups is 3. The summed E-state index contributed by atoms with van der Waals surface area (Å²) < 4.78 is 5.09. The molecule has 3 atom stereocenters. The van der Waals surface area contributed by atoms with Crippen molar-refractivity contribution >= 4 is 29.3 Å². The average Bonchev–Trinajstić information content (AvgIpc) is 2.54. The molecule has 6 heteroatoms. The fourth-order valence-corrected chi connectivity index (χ4v) is 3.81. The molecule has 0 fully saturated rings. The summed E-state index contributed by atoms with van der Waals surface area (Å²) in [5.41, 5.74) is 2.00. The largest absolute Gasteiger partial charge is 0.465 e. The van der Waals surface area contributed by atoms with Gasteiger partial charge in [-0.1, -0.05) is 30.7 Å². The highest BCUT2D eigenvalue weighted by atomic mass is 35.5. The van der Waals surface area contributed by atoms with Crippen LogP contribution in [0.25, 0.3) is 0 Å². The lowest BCUT2D eigenvalue weighted by molar-refractivity contribution is -0.153. The molecule has 0 bridgehead atoms. The Morgan fingerprint density at radius 1 is 1.24 bits per heavy atom. The molecule has 0 saturated carbocycles. The van der Waals surface area contributed by atoms with Gasteiger partial charge in [0.15, 0.2) is 5.78 Å². The first-order valence-electron chi connectivity index (χ1n) is 8.41. The SMILES string of the molecule is CCOC(=O)C1C(=O)C2=C(CC1C)NC(=O)CC2c1ccc(Cl)cc1. The number of ketones is 1. The van der Waals surface area contributed by atoms with E-state index in [1.54, 1.807) is 19.1 Å². The first-order valence-corrected chi connectivity index (χ1v) is 8.79. The average molecular weight is 362 g/mol. The van der Waals surface area contributed by atoms with Crippen molar-refractivity contribution in [1.82, 2.24) is 5.32 Å². The molecule has 1 aliphatic carbocycles. The van der Waals surface area contributed by atoms with E-state index in [1.165, 1.54) is 0 Å².